The third-order valence-corrected chi connectivity index (χ3v) is 6.86. The molecule has 6 heteroatoms. The minimum absolute atomic E-state index is 0.281. The van der Waals surface area contributed by atoms with Gasteiger partial charge in [0.15, 0.2) is 0 Å². The Labute approximate surface area is 217 Å². The Hall–Kier alpha value is -3.31. The van der Waals surface area contributed by atoms with Gasteiger partial charge in [0.1, 0.15) is 17.9 Å². The molecule has 1 aliphatic heterocycles. The largest absolute Gasteiger partial charge is 0.487 e. The standard InChI is InChI=1S/C30H32ClNO4/c1-20(2)23-9-7-22(8-10-23)17-30(3)18-25-16-24(11-12-27(25)36-30)29(35)32(19-28(33)34)14-13-21-5-4-6-26(31)15-21/h4-12,15-16,20H,13-14,17-19H2,1-3H3,(H,33,34)/t30-/m1/s1. The van der Waals surface area contributed by atoms with E-state index in [1.807, 2.05) is 30.3 Å². The van der Waals surface area contributed by atoms with Crippen LogP contribution in [-0.4, -0.2) is 40.6 Å². The number of hydrogen-bond acceptors (Lipinski definition) is 3. The van der Waals surface area contributed by atoms with E-state index in [-0.39, 0.29) is 19.0 Å². The molecule has 0 aromatic heterocycles. The highest BCUT2D eigenvalue weighted by Crippen LogP contribution is 2.38. The van der Waals surface area contributed by atoms with Gasteiger partial charge in [0.05, 0.1) is 0 Å². The highest BCUT2D eigenvalue weighted by Gasteiger charge is 2.35. The van der Waals surface area contributed by atoms with Gasteiger partial charge in [-0.3, -0.25) is 9.59 Å². The summed E-state index contributed by atoms with van der Waals surface area (Å²) in [7, 11) is 0. The maximum atomic E-state index is 13.3. The summed E-state index contributed by atoms with van der Waals surface area (Å²) in [5.74, 6) is -0.0876. The van der Waals surface area contributed by atoms with Gasteiger partial charge in [0.2, 0.25) is 0 Å². The molecular formula is C30H32ClNO4. The van der Waals surface area contributed by atoms with Crippen molar-refractivity contribution < 1.29 is 19.4 Å². The van der Waals surface area contributed by atoms with Crippen molar-refractivity contribution in [3.63, 3.8) is 0 Å². The molecule has 5 nitrogen and oxygen atoms in total. The van der Waals surface area contributed by atoms with Crippen molar-refractivity contribution in [3.8, 4) is 5.75 Å². The molecule has 0 spiro atoms. The number of benzene rings is 3. The van der Waals surface area contributed by atoms with Gasteiger partial charge in [0, 0.05) is 30.0 Å². The lowest BCUT2D eigenvalue weighted by atomic mass is 9.90. The molecule has 3 aromatic rings. The van der Waals surface area contributed by atoms with Crippen LogP contribution in [0.3, 0.4) is 0 Å². The average Bonchev–Trinajstić information content (AvgIpc) is 3.16. The first kappa shape index (κ1) is 25.8. The second-order valence-electron chi connectivity index (χ2n) is 10.1. The minimum atomic E-state index is -1.05. The first-order chi connectivity index (χ1) is 17.1. The molecule has 0 saturated carbocycles. The van der Waals surface area contributed by atoms with Crippen LogP contribution in [0.15, 0.2) is 66.7 Å². The molecule has 0 saturated heterocycles. The molecule has 0 radical (unpaired) electrons. The minimum Gasteiger partial charge on any atom is -0.487 e. The lowest BCUT2D eigenvalue weighted by Crippen LogP contribution is -2.37. The molecule has 1 aliphatic rings. The molecule has 188 valence electrons. The number of carbonyl (C=O) groups is 2. The Balaban J connectivity index is 1.46. The van der Waals surface area contributed by atoms with Crippen molar-refractivity contribution in [2.24, 2.45) is 0 Å². The van der Waals surface area contributed by atoms with E-state index in [9.17, 15) is 14.7 Å². The Kier molecular flexibility index (Phi) is 7.70. The van der Waals surface area contributed by atoms with Crippen LogP contribution in [0.2, 0.25) is 5.02 Å². The number of ether oxygens (including phenoxy) is 1. The summed E-state index contributed by atoms with van der Waals surface area (Å²) in [4.78, 5) is 26.2. The molecule has 0 unspecified atom stereocenters. The van der Waals surface area contributed by atoms with E-state index in [1.54, 1.807) is 12.1 Å². The SMILES string of the molecule is CC(C)c1ccc(C[C@]2(C)Cc3cc(C(=O)N(CCc4cccc(Cl)c4)CC(=O)O)ccc3O2)cc1. The number of aliphatic carboxylic acids is 1. The molecule has 1 N–H and O–H groups in total. The summed E-state index contributed by atoms with van der Waals surface area (Å²) in [6.07, 6.45) is 1.95. The van der Waals surface area contributed by atoms with Crippen LogP contribution >= 0.6 is 11.6 Å². The van der Waals surface area contributed by atoms with Crippen LogP contribution in [0.5, 0.6) is 5.75 Å². The molecule has 0 aliphatic carbocycles. The number of carbonyl (C=O) groups excluding carboxylic acids is 1. The van der Waals surface area contributed by atoms with Crippen molar-refractivity contribution in [2.75, 3.05) is 13.1 Å². The molecule has 0 bridgehead atoms. The van der Waals surface area contributed by atoms with Crippen LogP contribution < -0.4 is 4.74 Å². The zero-order valence-electron chi connectivity index (χ0n) is 21.0. The van der Waals surface area contributed by atoms with E-state index in [2.05, 4.69) is 45.0 Å². The summed E-state index contributed by atoms with van der Waals surface area (Å²) in [5.41, 5.74) is 4.49. The summed E-state index contributed by atoms with van der Waals surface area (Å²) in [6, 6.07) is 21.4. The van der Waals surface area contributed by atoms with Crippen molar-refractivity contribution in [3.05, 3.63) is 99.6 Å². The average molecular weight is 506 g/mol. The van der Waals surface area contributed by atoms with Crippen molar-refractivity contribution in [1.29, 1.82) is 0 Å². The molecule has 1 atom stereocenters. The number of nitrogens with zero attached hydrogens (tertiary/aromatic N) is 1. The number of rotatable bonds is 9. The Morgan fingerprint density at radius 3 is 2.47 bits per heavy atom. The summed E-state index contributed by atoms with van der Waals surface area (Å²) in [6.45, 7) is 6.37. The van der Waals surface area contributed by atoms with E-state index < -0.39 is 11.6 Å². The van der Waals surface area contributed by atoms with Gasteiger partial charge in [-0.25, -0.2) is 0 Å². The predicted octanol–water partition coefficient (Wildman–Crippen LogP) is 6.17. The van der Waals surface area contributed by atoms with Gasteiger partial charge >= 0.3 is 5.97 Å². The second-order valence-corrected chi connectivity index (χ2v) is 10.6. The molecule has 3 aromatic carbocycles. The first-order valence-corrected chi connectivity index (χ1v) is 12.7. The van der Waals surface area contributed by atoms with Crippen LogP contribution in [0.1, 0.15) is 59.3 Å². The fraction of sp³-hybridized carbons (Fsp3) is 0.333. The number of carboxylic acids is 1. The van der Waals surface area contributed by atoms with Crippen LogP contribution in [0.25, 0.3) is 0 Å². The summed E-state index contributed by atoms with van der Waals surface area (Å²) < 4.78 is 6.32. The number of amides is 1. The number of halogens is 1. The van der Waals surface area contributed by atoms with E-state index in [4.69, 9.17) is 16.3 Å². The van der Waals surface area contributed by atoms with Gasteiger partial charge in [0.25, 0.3) is 5.91 Å². The van der Waals surface area contributed by atoms with Gasteiger partial charge in [-0.15, -0.1) is 0 Å². The van der Waals surface area contributed by atoms with E-state index in [0.717, 1.165) is 23.3 Å². The summed E-state index contributed by atoms with van der Waals surface area (Å²) in [5, 5.41) is 10.0. The number of fused-ring (bicyclic) bond motifs is 1. The second kappa shape index (κ2) is 10.8. The Morgan fingerprint density at radius 2 is 1.81 bits per heavy atom. The quantitative estimate of drug-likeness (QED) is 0.377. The normalized spacial score (nSPS) is 16.5. The molecule has 0 fully saturated rings. The first-order valence-electron chi connectivity index (χ1n) is 12.3. The molecule has 36 heavy (non-hydrogen) atoms. The van der Waals surface area contributed by atoms with Crippen LogP contribution in [0.4, 0.5) is 0 Å². The number of hydrogen-bond donors (Lipinski definition) is 1. The van der Waals surface area contributed by atoms with Gasteiger partial charge in [-0.2, -0.15) is 0 Å². The molecule has 1 heterocycles. The molecular weight excluding hydrogens is 474 g/mol. The van der Waals surface area contributed by atoms with E-state index >= 15 is 0 Å². The zero-order valence-corrected chi connectivity index (χ0v) is 21.7. The third kappa shape index (κ3) is 6.27. The third-order valence-electron chi connectivity index (χ3n) is 6.63. The molecule has 4 rings (SSSR count). The monoisotopic (exact) mass is 505 g/mol. The van der Waals surface area contributed by atoms with E-state index in [0.29, 0.717) is 29.3 Å². The highest BCUT2D eigenvalue weighted by atomic mass is 35.5. The lowest BCUT2D eigenvalue weighted by molar-refractivity contribution is -0.137. The fourth-order valence-corrected chi connectivity index (χ4v) is 4.97. The smallest absolute Gasteiger partial charge is 0.323 e. The maximum absolute atomic E-state index is 13.3. The number of carboxylic acid groups (broad SMARTS) is 1. The predicted molar refractivity (Wildman–Crippen MR) is 142 cm³/mol. The van der Waals surface area contributed by atoms with Crippen LogP contribution in [0, 0.1) is 0 Å². The highest BCUT2D eigenvalue weighted by molar-refractivity contribution is 6.30. The molecule has 1 amide bonds. The topological polar surface area (TPSA) is 66.8 Å². The Bertz CT molecular complexity index is 1250. The van der Waals surface area contributed by atoms with Crippen molar-refractivity contribution in [1.82, 2.24) is 4.90 Å². The maximum Gasteiger partial charge on any atom is 0.323 e. The Morgan fingerprint density at radius 1 is 1.06 bits per heavy atom. The lowest BCUT2D eigenvalue weighted by Gasteiger charge is -2.24. The van der Waals surface area contributed by atoms with Crippen LogP contribution in [-0.2, 0) is 24.1 Å². The van der Waals surface area contributed by atoms with Crippen molar-refractivity contribution in [2.45, 2.75) is 51.6 Å². The fourth-order valence-electron chi connectivity index (χ4n) is 4.76. The van der Waals surface area contributed by atoms with Gasteiger partial charge in [-0.1, -0.05) is 61.8 Å². The van der Waals surface area contributed by atoms with Crippen molar-refractivity contribution >= 4 is 23.5 Å². The van der Waals surface area contributed by atoms with Gasteiger partial charge in [-0.05, 0) is 71.8 Å². The summed E-state index contributed by atoms with van der Waals surface area (Å²) >= 11 is 6.06. The zero-order chi connectivity index (χ0) is 25.9. The van der Waals surface area contributed by atoms with E-state index in [1.165, 1.54) is 16.0 Å². The van der Waals surface area contributed by atoms with Gasteiger partial charge < -0.3 is 14.7 Å².